The second kappa shape index (κ2) is 5.34. The van der Waals surface area contributed by atoms with Gasteiger partial charge in [0.05, 0.1) is 11.3 Å². The second-order valence-corrected chi connectivity index (χ2v) is 5.79. The van der Waals surface area contributed by atoms with E-state index in [1.807, 2.05) is 24.3 Å². The van der Waals surface area contributed by atoms with E-state index in [4.69, 9.17) is 10.3 Å². The molecule has 0 aliphatic carbocycles. The van der Waals surface area contributed by atoms with Crippen LogP contribution in [0.1, 0.15) is 0 Å². The van der Waals surface area contributed by atoms with Crippen molar-refractivity contribution in [3.63, 3.8) is 0 Å². The van der Waals surface area contributed by atoms with Gasteiger partial charge in [0.25, 0.3) is 5.89 Å². The summed E-state index contributed by atoms with van der Waals surface area (Å²) in [6.45, 7) is 0. The predicted octanol–water partition coefficient (Wildman–Crippen LogP) is 3.91. The van der Waals surface area contributed by atoms with E-state index in [0.29, 0.717) is 23.0 Å². The van der Waals surface area contributed by atoms with Gasteiger partial charge in [-0.2, -0.15) is 4.98 Å². The Bertz CT molecular complexity index is 773. The number of hydrogen-bond donors (Lipinski definition) is 1. The van der Waals surface area contributed by atoms with Crippen molar-refractivity contribution in [1.82, 2.24) is 15.1 Å². The second-order valence-electron chi connectivity index (χ2n) is 4.02. The highest BCUT2D eigenvalue weighted by molar-refractivity contribution is 9.10. The summed E-state index contributed by atoms with van der Waals surface area (Å²) in [7, 11) is 0. The average molecular weight is 396 g/mol. The number of nitrogens with zero attached hydrogens (tertiary/aromatic N) is 3. The van der Waals surface area contributed by atoms with Crippen LogP contribution in [0.2, 0.25) is 0 Å². The van der Waals surface area contributed by atoms with E-state index < -0.39 is 0 Å². The maximum atomic E-state index is 5.99. The zero-order chi connectivity index (χ0) is 14.1. The van der Waals surface area contributed by atoms with Crippen molar-refractivity contribution in [3.05, 3.63) is 45.6 Å². The summed E-state index contributed by atoms with van der Waals surface area (Å²) in [6.07, 6.45) is 3.36. The molecule has 0 bridgehead atoms. The van der Waals surface area contributed by atoms with E-state index in [1.165, 1.54) is 0 Å². The first-order valence-corrected chi connectivity index (χ1v) is 7.23. The lowest BCUT2D eigenvalue weighted by Crippen LogP contribution is -1.91. The number of pyridine rings is 1. The molecule has 0 unspecified atom stereocenters. The molecule has 20 heavy (non-hydrogen) atoms. The van der Waals surface area contributed by atoms with Gasteiger partial charge in [0.15, 0.2) is 0 Å². The van der Waals surface area contributed by atoms with Gasteiger partial charge < -0.3 is 10.3 Å². The molecule has 0 aliphatic rings. The minimum Gasteiger partial charge on any atom is -0.397 e. The van der Waals surface area contributed by atoms with Gasteiger partial charge in [0.1, 0.15) is 0 Å². The minimum absolute atomic E-state index is 0.374. The van der Waals surface area contributed by atoms with Crippen LogP contribution in [0.15, 0.2) is 50.1 Å². The molecule has 2 N–H and O–H groups in total. The smallest absolute Gasteiger partial charge is 0.260 e. The van der Waals surface area contributed by atoms with Gasteiger partial charge in [-0.05, 0) is 50.1 Å². The first-order chi connectivity index (χ1) is 9.65. The quantitative estimate of drug-likeness (QED) is 0.665. The summed E-state index contributed by atoms with van der Waals surface area (Å²) in [4.78, 5) is 8.43. The van der Waals surface area contributed by atoms with Gasteiger partial charge in [0.2, 0.25) is 5.82 Å². The molecule has 3 aromatic rings. The molecule has 100 valence electrons. The number of anilines is 1. The van der Waals surface area contributed by atoms with Gasteiger partial charge in [-0.15, -0.1) is 0 Å². The highest BCUT2D eigenvalue weighted by atomic mass is 79.9. The monoisotopic (exact) mass is 394 g/mol. The summed E-state index contributed by atoms with van der Waals surface area (Å²) in [6, 6.07) is 7.41. The number of halogens is 2. The van der Waals surface area contributed by atoms with Crippen LogP contribution in [-0.4, -0.2) is 15.1 Å². The largest absolute Gasteiger partial charge is 0.397 e. The van der Waals surface area contributed by atoms with Crippen LogP contribution in [0.25, 0.3) is 22.8 Å². The number of rotatable bonds is 2. The third-order valence-electron chi connectivity index (χ3n) is 2.67. The van der Waals surface area contributed by atoms with E-state index >= 15 is 0 Å². The lowest BCUT2D eigenvalue weighted by atomic mass is 10.2. The fourth-order valence-corrected chi connectivity index (χ4v) is 2.44. The number of benzene rings is 1. The van der Waals surface area contributed by atoms with Gasteiger partial charge >= 0.3 is 0 Å². The van der Waals surface area contributed by atoms with Gasteiger partial charge in [-0.25, -0.2) is 0 Å². The molecular weight excluding hydrogens is 388 g/mol. The third kappa shape index (κ3) is 2.46. The molecule has 3 rings (SSSR count). The first kappa shape index (κ1) is 13.3. The molecule has 0 radical (unpaired) electrons. The number of nitrogen functional groups attached to an aromatic ring is 1. The molecule has 0 amide bonds. The summed E-state index contributed by atoms with van der Waals surface area (Å²) >= 11 is 6.73. The van der Waals surface area contributed by atoms with Gasteiger partial charge in [-0.1, -0.05) is 11.2 Å². The molecule has 2 aromatic heterocycles. The molecule has 7 heteroatoms. The summed E-state index contributed by atoms with van der Waals surface area (Å²) in [5.74, 6) is 0.840. The van der Waals surface area contributed by atoms with Crippen molar-refractivity contribution >= 4 is 37.5 Å². The number of hydrogen-bond acceptors (Lipinski definition) is 5. The summed E-state index contributed by atoms with van der Waals surface area (Å²) in [5.41, 5.74) is 8.02. The Hall–Kier alpha value is -1.73. The fourth-order valence-electron chi connectivity index (χ4n) is 1.71. The maximum absolute atomic E-state index is 5.99. The Morgan fingerprint density at radius 1 is 1.15 bits per heavy atom. The molecule has 0 fully saturated rings. The van der Waals surface area contributed by atoms with Crippen molar-refractivity contribution in [2.75, 3.05) is 5.73 Å². The molecule has 5 nitrogen and oxygen atoms in total. The third-order valence-corrected chi connectivity index (χ3v) is 3.80. The van der Waals surface area contributed by atoms with Crippen LogP contribution in [0.4, 0.5) is 5.69 Å². The minimum atomic E-state index is 0.374. The highest BCUT2D eigenvalue weighted by Gasteiger charge is 2.14. The molecule has 1 aromatic carbocycles. The standard InChI is InChI=1S/C13H8Br2N4O/c14-8-4-7(5-17-6-8)12-18-13(20-19-12)9-2-1-3-10(15)11(9)16/h1-6H,16H2. The van der Waals surface area contributed by atoms with Crippen molar-refractivity contribution in [3.8, 4) is 22.8 Å². The molecule has 0 saturated heterocycles. The highest BCUT2D eigenvalue weighted by Crippen LogP contribution is 2.31. The predicted molar refractivity (Wildman–Crippen MR) is 82.8 cm³/mol. The number of aromatic nitrogens is 3. The Morgan fingerprint density at radius 3 is 2.80 bits per heavy atom. The topological polar surface area (TPSA) is 77.8 Å². The van der Waals surface area contributed by atoms with E-state index in [1.54, 1.807) is 12.4 Å². The summed E-state index contributed by atoms with van der Waals surface area (Å²) in [5, 5.41) is 3.96. The van der Waals surface area contributed by atoms with Crippen LogP contribution in [0.3, 0.4) is 0 Å². The molecule has 0 spiro atoms. The van der Waals surface area contributed by atoms with Crippen molar-refractivity contribution in [1.29, 1.82) is 0 Å². The van der Waals surface area contributed by atoms with Crippen molar-refractivity contribution in [2.24, 2.45) is 0 Å². The Kier molecular flexibility index (Phi) is 3.54. The normalized spacial score (nSPS) is 10.7. The Morgan fingerprint density at radius 2 is 2.00 bits per heavy atom. The van der Waals surface area contributed by atoms with E-state index in [9.17, 15) is 0 Å². The number of para-hydroxylation sites is 1. The SMILES string of the molecule is Nc1c(Br)cccc1-c1nc(-c2cncc(Br)c2)no1. The first-order valence-electron chi connectivity index (χ1n) is 5.64. The van der Waals surface area contributed by atoms with Gasteiger partial charge in [-0.3, -0.25) is 4.98 Å². The van der Waals surface area contributed by atoms with E-state index in [-0.39, 0.29) is 0 Å². The van der Waals surface area contributed by atoms with E-state index in [2.05, 4.69) is 47.0 Å². The molecule has 0 aliphatic heterocycles. The van der Waals surface area contributed by atoms with Crippen LogP contribution in [-0.2, 0) is 0 Å². The summed E-state index contributed by atoms with van der Waals surface area (Å²) < 4.78 is 6.92. The Labute approximate surface area is 131 Å². The molecule has 2 heterocycles. The van der Waals surface area contributed by atoms with Gasteiger partial charge in [0, 0.05) is 26.9 Å². The maximum Gasteiger partial charge on any atom is 0.260 e. The Balaban J connectivity index is 2.04. The van der Waals surface area contributed by atoms with E-state index in [0.717, 1.165) is 14.5 Å². The van der Waals surface area contributed by atoms with Crippen LogP contribution >= 0.6 is 31.9 Å². The molecule has 0 atom stereocenters. The fraction of sp³-hybridized carbons (Fsp3) is 0. The zero-order valence-corrected chi connectivity index (χ0v) is 13.2. The van der Waals surface area contributed by atoms with Crippen LogP contribution in [0, 0.1) is 0 Å². The molecule has 0 saturated carbocycles. The lowest BCUT2D eigenvalue weighted by molar-refractivity contribution is 0.432. The number of nitrogens with two attached hydrogens (primary N) is 1. The average Bonchev–Trinajstić information content (AvgIpc) is 2.91. The van der Waals surface area contributed by atoms with Crippen LogP contribution in [0.5, 0.6) is 0 Å². The van der Waals surface area contributed by atoms with Crippen LogP contribution < -0.4 is 5.73 Å². The van der Waals surface area contributed by atoms with Crippen molar-refractivity contribution < 1.29 is 4.52 Å². The van der Waals surface area contributed by atoms with Crippen molar-refractivity contribution in [2.45, 2.75) is 0 Å². The molecular formula is C13H8Br2N4O. The zero-order valence-electron chi connectivity index (χ0n) is 10.0. The lowest BCUT2D eigenvalue weighted by Gasteiger charge is -2.01.